The molecule has 1 atom stereocenters. The van der Waals surface area contributed by atoms with Gasteiger partial charge in [0.25, 0.3) is 5.91 Å². The number of amides is 1. The SMILES string of the molecule is Cc1cc(Cl)c(C(=O)N2CC(C)OC(C)(C)C2)cn1. The van der Waals surface area contributed by atoms with Crippen LogP contribution < -0.4 is 0 Å². The molecule has 5 heteroatoms. The number of nitrogens with zero attached hydrogens (tertiary/aromatic N) is 2. The molecule has 1 amide bonds. The minimum Gasteiger partial charge on any atom is -0.369 e. The first-order valence-corrected chi connectivity index (χ1v) is 6.75. The molecular formula is C14H19ClN2O2. The molecule has 1 aliphatic heterocycles. The van der Waals surface area contributed by atoms with E-state index in [1.807, 2.05) is 27.7 Å². The molecule has 1 aliphatic rings. The summed E-state index contributed by atoms with van der Waals surface area (Å²) in [6.07, 6.45) is 1.57. The van der Waals surface area contributed by atoms with E-state index in [2.05, 4.69) is 4.98 Å². The van der Waals surface area contributed by atoms with E-state index >= 15 is 0 Å². The van der Waals surface area contributed by atoms with E-state index in [1.54, 1.807) is 17.2 Å². The predicted molar refractivity (Wildman–Crippen MR) is 74.5 cm³/mol. The molecule has 0 N–H and O–H groups in total. The van der Waals surface area contributed by atoms with E-state index < -0.39 is 0 Å². The molecule has 2 rings (SSSR count). The van der Waals surface area contributed by atoms with Crippen molar-refractivity contribution in [1.82, 2.24) is 9.88 Å². The van der Waals surface area contributed by atoms with Crippen molar-refractivity contribution < 1.29 is 9.53 Å². The summed E-state index contributed by atoms with van der Waals surface area (Å²) >= 11 is 6.13. The summed E-state index contributed by atoms with van der Waals surface area (Å²) in [6, 6.07) is 1.71. The Morgan fingerprint density at radius 1 is 1.58 bits per heavy atom. The highest BCUT2D eigenvalue weighted by Crippen LogP contribution is 2.24. The van der Waals surface area contributed by atoms with E-state index in [0.717, 1.165) is 5.69 Å². The maximum absolute atomic E-state index is 12.5. The van der Waals surface area contributed by atoms with Crippen molar-refractivity contribution in [3.63, 3.8) is 0 Å². The fourth-order valence-corrected chi connectivity index (χ4v) is 2.75. The van der Waals surface area contributed by atoms with Crippen LogP contribution in [0.1, 0.15) is 36.8 Å². The Bertz CT molecular complexity index is 502. The highest BCUT2D eigenvalue weighted by Gasteiger charge is 2.34. The summed E-state index contributed by atoms with van der Waals surface area (Å²) in [5, 5.41) is 0.453. The van der Waals surface area contributed by atoms with Crippen LogP contribution in [0.25, 0.3) is 0 Å². The lowest BCUT2D eigenvalue weighted by Crippen LogP contribution is -2.53. The first kappa shape index (κ1) is 14.3. The standard InChI is InChI=1S/C14H19ClN2O2/c1-9-5-12(15)11(6-16-9)13(18)17-7-10(2)19-14(3,4)8-17/h5-6,10H,7-8H2,1-4H3. The van der Waals surface area contributed by atoms with E-state index in [1.165, 1.54) is 0 Å². The molecule has 2 heterocycles. The van der Waals surface area contributed by atoms with Crippen LogP contribution in [0.2, 0.25) is 5.02 Å². The van der Waals surface area contributed by atoms with Gasteiger partial charge >= 0.3 is 0 Å². The highest BCUT2D eigenvalue weighted by molar-refractivity contribution is 6.33. The number of carbonyl (C=O) groups excluding carboxylic acids is 1. The van der Waals surface area contributed by atoms with E-state index in [4.69, 9.17) is 16.3 Å². The van der Waals surface area contributed by atoms with Crippen molar-refractivity contribution in [1.29, 1.82) is 0 Å². The summed E-state index contributed by atoms with van der Waals surface area (Å²) < 4.78 is 5.80. The fraction of sp³-hybridized carbons (Fsp3) is 0.571. The van der Waals surface area contributed by atoms with Crippen LogP contribution in [-0.2, 0) is 4.74 Å². The summed E-state index contributed by atoms with van der Waals surface area (Å²) in [6.45, 7) is 8.92. The maximum atomic E-state index is 12.5. The Kier molecular flexibility index (Phi) is 3.83. The molecule has 1 aromatic heterocycles. The molecule has 19 heavy (non-hydrogen) atoms. The van der Waals surface area contributed by atoms with Crippen LogP contribution in [-0.4, -0.2) is 40.6 Å². The van der Waals surface area contributed by atoms with Gasteiger partial charge in [0.05, 0.1) is 22.3 Å². The summed E-state index contributed by atoms with van der Waals surface area (Å²) in [4.78, 5) is 18.4. The zero-order valence-corrected chi connectivity index (χ0v) is 12.5. The van der Waals surface area contributed by atoms with Crippen LogP contribution >= 0.6 is 11.6 Å². The van der Waals surface area contributed by atoms with E-state index in [9.17, 15) is 4.79 Å². The lowest BCUT2D eigenvalue weighted by Gasteiger charge is -2.41. The Labute approximate surface area is 118 Å². The number of carbonyl (C=O) groups is 1. The normalized spacial score (nSPS) is 22.4. The van der Waals surface area contributed by atoms with Gasteiger partial charge in [-0.15, -0.1) is 0 Å². The topological polar surface area (TPSA) is 42.4 Å². The molecule has 0 bridgehead atoms. The molecule has 0 aromatic carbocycles. The summed E-state index contributed by atoms with van der Waals surface area (Å²) in [5.74, 6) is -0.0827. The fourth-order valence-electron chi connectivity index (χ4n) is 2.46. The molecular weight excluding hydrogens is 264 g/mol. The Hall–Kier alpha value is -1.13. The van der Waals surface area contributed by atoms with Crippen molar-refractivity contribution in [2.24, 2.45) is 0 Å². The van der Waals surface area contributed by atoms with Gasteiger partial charge < -0.3 is 9.64 Å². The second-order valence-corrected chi connectivity index (χ2v) is 6.09. The van der Waals surface area contributed by atoms with Crippen molar-refractivity contribution in [2.45, 2.75) is 39.4 Å². The predicted octanol–water partition coefficient (Wildman–Crippen LogP) is 2.68. The molecule has 0 aliphatic carbocycles. The molecule has 1 fully saturated rings. The van der Waals surface area contributed by atoms with Gasteiger partial charge in [-0.3, -0.25) is 9.78 Å². The number of pyridine rings is 1. The monoisotopic (exact) mass is 282 g/mol. The van der Waals surface area contributed by atoms with Crippen molar-refractivity contribution in [3.05, 3.63) is 28.5 Å². The van der Waals surface area contributed by atoms with Crippen molar-refractivity contribution in [3.8, 4) is 0 Å². The first-order chi connectivity index (χ1) is 8.78. The zero-order chi connectivity index (χ0) is 14.2. The number of morpholine rings is 1. The Morgan fingerprint density at radius 2 is 2.26 bits per heavy atom. The molecule has 104 valence electrons. The molecule has 0 spiro atoms. The van der Waals surface area contributed by atoms with Gasteiger partial charge in [0, 0.05) is 25.0 Å². The van der Waals surface area contributed by atoms with Gasteiger partial charge in [-0.25, -0.2) is 0 Å². The van der Waals surface area contributed by atoms with Crippen LogP contribution in [0.5, 0.6) is 0 Å². The van der Waals surface area contributed by atoms with Gasteiger partial charge in [-0.05, 0) is 33.8 Å². The molecule has 0 radical (unpaired) electrons. The first-order valence-electron chi connectivity index (χ1n) is 6.38. The minimum absolute atomic E-state index is 0.0184. The molecule has 1 unspecified atom stereocenters. The highest BCUT2D eigenvalue weighted by atomic mass is 35.5. The van der Waals surface area contributed by atoms with Crippen LogP contribution in [0.4, 0.5) is 0 Å². The van der Waals surface area contributed by atoms with Gasteiger partial charge in [-0.1, -0.05) is 11.6 Å². The number of halogens is 1. The van der Waals surface area contributed by atoms with Gasteiger partial charge in [-0.2, -0.15) is 0 Å². The van der Waals surface area contributed by atoms with Crippen LogP contribution in [0.15, 0.2) is 12.3 Å². The second kappa shape index (κ2) is 5.10. The largest absolute Gasteiger partial charge is 0.369 e. The molecule has 1 saturated heterocycles. The average Bonchev–Trinajstić information content (AvgIpc) is 2.25. The lowest BCUT2D eigenvalue weighted by atomic mass is 10.0. The molecule has 1 aromatic rings. The summed E-state index contributed by atoms with van der Waals surface area (Å²) in [5.41, 5.74) is 0.923. The quantitative estimate of drug-likeness (QED) is 0.795. The van der Waals surface area contributed by atoms with Crippen molar-refractivity contribution >= 4 is 17.5 Å². The lowest BCUT2D eigenvalue weighted by molar-refractivity contribution is -0.118. The van der Waals surface area contributed by atoms with Crippen LogP contribution in [0, 0.1) is 6.92 Å². The average molecular weight is 283 g/mol. The van der Waals surface area contributed by atoms with Gasteiger partial charge in [0.15, 0.2) is 0 Å². The number of rotatable bonds is 1. The zero-order valence-electron chi connectivity index (χ0n) is 11.7. The number of ether oxygens (including phenoxy) is 1. The second-order valence-electron chi connectivity index (χ2n) is 5.68. The number of aromatic nitrogens is 1. The Balaban J connectivity index is 2.24. The smallest absolute Gasteiger partial charge is 0.257 e. The maximum Gasteiger partial charge on any atom is 0.257 e. The molecule has 0 saturated carbocycles. The van der Waals surface area contributed by atoms with E-state index in [0.29, 0.717) is 23.7 Å². The third-order valence-electron chi connectivity index (χ3n) is 3.08. The number of hydrogen-bond acceptors (Lipinski definition) is 3. The number of aryl methyl sites for hydroxylation is 1. The van der Waals surface area contributed by atoms with Gasteiger partial charge in [0.2, 0.25) is 0 Å². The number of hydrogen-bond donors (Lipinski definition) is 0. The molecule has 4 nitrogen and oxygen atoms in total. The van der Waals surface area contributed by atoms with Gasteiger partial charge in [0.1, 0.15) is 0 Å². The third kappa shape index (κ3) is 3.25. The van der Waals surface area contributed by atoms with Crippen LogP contribution in [0.3, 0.4) is 0 Å². The van der Waals surface area contributed by atoms with E-state index in [-0.39, 0.29) is 17.6 Å². The Morgan fingerprint density at radius 3 is 2.84 bits per heavy atom. The minimum atomic E-state index is -0.335. The van der Waals surface area contributed by atoms with Crippen molar-refractivity contribution in [2.75, 3.05) is 13.1 Å². The third-order valence-corrected chi connectivity index (χ3v) is 3.39. The summed E-state index contributed by atoms with van der Waals surface area (Å²) in [7, 11) is 0.